The Morgan fingerprint density at radius 2 is 1.33 bits per heavy atom. The minimum atomic E-state index is -0.941. The van der Waals surface area contributed by atoms with Crippen LogP contribution in [0.25, 0.3) is 53.9 Å². The van der Waals surface area contributed by atoms with Crippen molar-refractivity contribution in [3.63, 3.8) is 0 Å². The van der Waals surface area contributed by atoms with E-state index in [2.05, 4.69) is 94.4 Å². The van der Waals surface area contributed by atoms with E-state index in [0.29, 0.717) is 0 Å². The number of rotatable bonds is 1. The van der Waals surface area contributed by atoms with E-state index in [1.165, 1.54) is 65.2 Å². The van der Waals surface area contributed by atoms with E-state index in [1.807, 2.05) is 0 Å². The molecule has 1 nitrogen and oxygen atoms in total. The topological polar surface area (TPSA) is 9.23 Å². The summed E-state index contributed by atoms with van der Waals surface area (Å²) >= 11 is 0. The van der Waals surface area contributed by atoms with Crippen molar-refractivity contribution in [2.45, 2.75) is 27.7 Å². The van der Waals surface area contributed by atoms with Crippen molar-refractivity contribution in [2.24, 2.45) is 0 Å². The molecule has 7 rings (SSSR count). The van der Waals surface area contributed by atoms with Crippen LogP contribution < -0.4 is 5.19 Å². The molecule has 5 heteroatoms. The lowest BCUT2D eigenvalue weighted by Gasteiger charge is -2.27. The molecule has 0 aromatic heterocycles. The minimum absolute atomic E-state index is 0.0788. The van der Waals surface area contributed by atoms with Gasteiger partial charge in [0.05, 0.1) is 8.31 Å². The fourth-order valence-electron chi connectivity index (χ4n) is 6.89. The molecule has 0 aliphatic carbocycles. The summed E-state index contributed by atoms with van der Waals surface area (Å²) in [4.78, 5) is 0. The number of benzene rings is 6. The number of hydrogen-bond donors (Lipinski definition) is 0. The Morgan fingerprint density at radius 1 is 0.611 bits per heavy atom. The highest BCUT2D eigenvalue weighted by Crippen LogP contribution is 2.37. The second-order valence-electron chi connectivity index (χ2n) is 10.9. The fourth-order valence-corrected chi connectivity index (χ4v) is 49.9. The Morgan fingerprint density at radius 3 is 2.06 bits per heavy atom. The van der Waals surface area contributed by atoms with Crippen LogP contribution in [0.1, 0.15) is 22.3 Å². The molecule has 1 aliphatic heterocycles. The molecule has 0 saturated carbocycles. The van der Waals surface area contributed by atoms with E-state index in [9.17, 15) is 0 Å². The van der Waals surface area contributed by atoms with Crippen molar-refractivity contribution in [3.8, 4) is 0 Å². The van der Waals surface area contributed by atoms with E-state index in [0.717, 1.165) is 6.23 Å². The average molecular weight is 533 g/mol. The maximum absolute atomic E-state index is 6.28. The van der Waals surface area contributed by atoms with E-state index < -0.39 is 8.31 Å². The van der Waals surface area contributed by atoms with Crippen LogP contribution in [0, 0.1) is 27.7 Å². The predicted octanol–water partition coefficient (Wildman–Crippen LogP) is 4.44. The van der Waals surface area contributed by atoms with Crippen LogP contribution in [-0.2, 0) is 4.43 Å². The van der Waals surface area contributed by atoms with Gasteiger partial charge in [-0.05, 0) is 134 Å². The normalized spacial score (nSPS) is 18.6. The zero-order chi connectivity index (χ0) is 24.6. The van der Waals surface area contributed by atoms with Gasteiger partial charge in [0.1, 0.15) is 9.28 Å². The summed E-state index contributed by atoms with van der Waals surface area (Å²) in [6.45, 7) is 9.49. The van der Waals surface area contributed by atoms with E-state index in [-0.39, 0.29) is 26.4 Å². The van der Waals surface area contributed by atoms with Gasteiger partial charge < -0.3 is 4.43 Å². The average Bonchev–Trinajstić information content (AvgIpc) is 2.90. The highest BCUT2D eigenvalue weighted by molar-refractivity contribution is 7.51. The summed E-state index contributed by atoms with van der Waals surface area (Å²) in [6, 6.07) is 25.6. The molecule has 0 bridgehead atoms. The quantitative estimate of drug-likeness (QED) is 0.173. The van der Waals surface area contributed by atoms with E-state index >= 15 is 0 Å². The van der Waals surface area contributed by atoms with Gasteiger partial charge in [-0.15, -0.1) is 0 Å². The van der Waals surface area contributed by atoms with Gasteiger partial charge >= 0.3 is 0 Å². The Labute approximate surface area is 220 Å². The third-order valence-electron chi connectivity index (χ3n) is 8.98. The summed E-state index contributed by atoms with van der Waals surface area (Å²) < 4.78 is 6.28. The first kappa shape index (κ1) is 22.6. The predicted molar refractivity (Wildman–Crippen MR) is 171 cm³/mol. The van der Waals surface area contributed by atoms with Gasteiger partial charge in [-0.25, -0.2) is 0 Å². The number of aryl methyl sites for hydroxylation is 2. The van der Waals surface area contributed by atoms with Crippen molar-refractivity contribution < 1.29 is 4.43 Å². The van der Waals surface area contributed by atoms with Gasteiger partial charge in [0, 0.05) is 23.3 Å². The van der Waals surface area contributed by atoms with Crippen molar-refractivity contribution >= 4 is 93.8 Å². The van der Waals surface area contributed by atoms with Crippen molar-refractivity contribution in [1.82, 2.24) is 0 Å². The molecule has 1 atom stereocenters. The first-order valence-corrected chi connectivity index (χ1v) is 26.5. The third kappa shape index (κ3) is 3.34. The van der Waals surface area contributed by atoms with Crippen molar-refractivity contribution in [3.05, 3.63) is 89.0 Å². The molecule has 1 aliphatic rings. The standard InChI is InChI=1S/C31H32OSi4/c1-17-18(2)30-20(4)26-10-9-23-13-24-11-21-7-5-6-8-22(21)12-25(24)14-27(23)28(26)15-29(30)31(19(17)3)36-16-32-33-34-35-36/h5-15,36H,16,33-35H2,1-4H3. The Bertz CT molecular complexity index is 1870. The van der Waals surface area contributed by atoms with Crippen LogP contribution in [0.5, 0.6) is 0 Å². The van der Waals surface area contributed by atoms with Crippen LogP contribution >= 0.6 is 0 Å². The lowest BCUT2D eigenvalue weighted by Crippen LogP contribution is -2.51. The number of hydrogen-bond acceptors (Lipinski definition) is 1. The molecule has 1 heterocycles. The lowest BCUT2D eigenvalue weighted by atomic mass is 9.88. The van der Waals surface area contributed by atoms with Crippen molar-refractivity contribution in [2.75, 3.05) is 6.23 Å². The molecule has 0 N–H and O–H groups in total. The molecule has 0 amide bonds. The van der Waals surface area contributed by atoms with Gasteiger partial charge in [0.15, 0.2) is 0 Å². The Kier molecular flexibility index (Phi) is 5.34. The minimum Gasteiger partial charge on any atom is -0.432 e. The molecule has 0 spiro atoms. The second kappa shape index (κ2) is 8.50. The monoisotopic (exact) mass is 532 g/mol. The van der Waals surface area contributed by atoms with Crippen molar-refractivity contribution in [1.29, 1.82) is 0 Å². The molecule has 6 aromatic rings. The highest BCUT2D eigenvalue weighted by Gasteiger charge is 2.25. The second-order valence-corrected chi connectivity index (χ2v) is 34.9. The zero-order valence-corrected chi connectivity index (χ0v) is 27.1. The summed E-state index contributed by atoms with van der Waals surface area (Å²) in [5, 5.41) is 15.7. The maximum atomic E-state index is 6.28. The van der Waals surface area contributed by atoms with Crippen LogP contribution in [0.15, 0.2) is 66.7 Å². The van der Waals surface area contributed by atoms with Gasteiger partial charge in [0.25, 0.3) is 0 Å². The summed E-state index contributed by atoms with van der Waals surface area (Å²) in [6.07, 6.45) is 1.13. The van der Waals surface area contributed by atoms with Crippen LogP contribution in [0.4, 0.5) is 0 Å². The molecule has 1 saturated heterocycles. The van der Waals surface area contributed by atoms with Gasteiger partial charge in [-0.2, -0.15) is 0 Å². The molecular weight excluding hydrogens is 501 g/mol. The highest BCUT2D eigenvalue weighted by atomic mass is 29.7. The molecule has 36 heavy (non-hydrogen) atoms. The molecule has 6 aromatic carbocycles. The smallest absolute Gasteiger partial charge is 0.139 e. The molecule has 1 fully saturated rings. The summed E-state index contributed by atoms with van der Waals surface area (Å²) in [5.41, 5.74) is 6.05. The maximum Gasteiger partial charge on any atom is 0.139 e. The Hall–Kier alpha value is -2.55. The first-order valence-electron chi connectivity index (χ1n) is 13.3. The van der Waals surface area contributed by atoms with Crippen LogP contribution in [0.3, 0.4) is 0 Å². The van der Waals surface area contributed by atoms with Crippen LogP contribution in [-0.4, -0.2) is 40.9 Å². The third-order valence-corrected chi connectivity index (χ3v) is 44.1. The molecule has 178 valence electrons. The van der Waals surface area contributed by atoms with Crippen LogP contribution in [0.2, 0.25) is 0 Å². The summed E-state index contributed by atoms with van der Waals surface area (Å²) in [5.74, 6) is 0. The van der Waals surface area contributed by atoms with E-state index in [4.69, 9.17) is 4.43 Å². The Balaban J connectivity index is 1.61. The van der Waals surface area contributed by atoms with E-state index in [1.54, 1.807) is 16.1 Å². The summed E-state index contributed by atoms with van der Waals surface area (Å²) in [7, 11) is -0.667. The largest absolute Gasteiger partial charge is 0.432 e. The first-order chi connectivity index (χ1) is 17.5. The molecular formula is C31H32OSi4. The van der Waals surface area contributed by atoms with Gasteiger partial charge in [0.2, 0.25) is 0 Å². The fraction of sp³-hybridized carbons (Fsp3) is 0.161. The van der Waals surface area contributed by atoms with Gasteiger partial charge in [-0.1, -0.05) is 41.6 Å². The van der Waals surface area contributed by atoms with Gasteiger partial charge in [-0.3, -0.25) is 0 Å². The number of fused-ring (bicyclic) bond motifs is 6. The molecule has 0 radical (unpaired) electrons. The molecule has 1 unspecified atom stereocenters. The SMILES string of the molecule is Cc1c(C)c(C)c2c(C)c3ccc4cc5cc6ccccc6cc5cc4c3cc2c1[SiH]1CO[SiH2][SiH2][SiH2]1. The lowest BCUT2D eigenvalue weighted by molar-refractivity contribution is 0.419. The zero-order valence-electron chi connectivity index (χ0n) is 21.7.